The van der Waals surface area contributed by atoms with Crippen molar-refractivity contribution in [1.29, 1.82) is 0 Å². The molecule has 0 aliphatic carbocycles. The van der Waals surface area contributed by atoms with Crippen molar-refractivity contribution in [3.8, 4) is 73.7 Å². The van der Waals surface area contributed by atoms with Crippen molar-refractivity contribution in [2.75, 3.05) is 0 Å². The number of pyridine rings is 2. The fraction of sp³-hybridized carbons (Fsp3) is 0.0755. The molecule has 10 heteroatoms. The molecule has 0 bridgehead atoms. The van der Waals surface area contributed by atoms with Crippen molar-refractivity contribution < 1.29 is 51.6 Å². The summed E-state index contributed by atoms with van der Waals surface area (Å²) in [6.45, 7) is 8.50. The zero-order chi connectivity index (χ0) is 41.5. The normalized spacial score (nSPS) is 10.9. The molecule has 0 unspecified atom stereocenters. The largest absolute Gasteiger partial charge is 2.00 e. The van der Waals surface area contributed by atoms with Gasteiger partial charge in [-0.05, 0) is 83.6 Å². The van der Waals surface area contributed by atoms with Crippen LogP contribution in [-0.4, -0.2) is 29.5 Å². The van der Waals surface area contributed by atoms with Gasteiger partial charge in [0.1, 0.15) is 12.7 Å². The topological polar surface area (TPSA) is 87.8 Å². The van der Waals surface area contributed by atoms with E-state index in [-0.39, 0.29) is 42.1 Å². The number of rotatable bonds is 9. The van der Waals surface area contributed by atoms with Crippen molar-refractivity contribution in [2.24, 2.45) is 0 Å². The van der Waals surface area contributed by atoms with Gasteiger partial charge in [-0.15, -0.1) is 71.8 Å². The number of fused-ring (bicyclic) bond motifs is 3. The average Bonchev–Trinajstić information content (AvgIpc) is 3.60. The first-order chi connectivity index (χ1) is 29.9. The Bertz CT molecular complexity index is 3010. The van der Waals surface area contributed by atoms with Crippen molar-refractivity contribution in [1.82, 2.24) is 29.5 Å². The molecule has 0 atom stereocenters. The van der Waals surface area contributed by atoms with Gasteiger partial charge < -0.3 is 24.0 Å². The molecule has 8 nitrogen and oxygen atoms in total. The quantitative estimate of drug-likeness (QED) is 0.133. The maximum Gasteiger partial charge on any atom is 2.00 e. The molecular weight excluding hydrogens is 1140 g/mol. The smallest absolute Gasteiger partial charge is 0.503 e. The van der Waals surface area contributed by atoms with Gasteiger partial charge in [-0.25, -0.2) is 15.0 Å². The molecule has 0 saturated heterocycles. The maximum absolute atomic E-state index is 6.40. The van der Waals surface area contributed by atoms with Crippen molar-refractivity contribution in [3.63, 3.8) is 0 Å². The van der Waals surface area contributed by atoms with E-state index in [1.165, 1.54) is 46.0 Å². The van der Waals surface area contributed by atoms with Crippen molar-refractivity contribution >= 4 is 21.8 Å². The second kappa shape index (κ2) is 18.4. The Hall–Kier alpha value is -6.59. The summed E-state index contributed by atoms with van der Waals surface area (Å²) >= 11 is 0. The fourth-order valence-corrected chi connectivity index (χ4v) is 7.99. The molecule has 0 amide bonds. The number of hydrogen-bond acceptors (Lipinski definition) is 7. The SMILES string of the molecule is Cc1cccc(C)c1-c1ccc(-c2[c-]c(Oc3[c-]c4c(cc3)c3ccc(Oc5[c-]c(-c6ccc(-c7c(C)cccc7C)cn6)ccc5)[c-]c3n4-c3ncncn3)ccc2)nc1.[Pt+2].[Pt+2]. The predicted octanol–water partition coefficient (Wildman–Crippen LogP) is 12.4. The Morgan fingerprint density at radius 1 is 0.429 bits per heavy atom. The summed E-state index contributed by atoms with van der Waals surface area (Å²) in [6.07, 6.45) is 6.77. The summed E-state index contributed by atoms with van der Waals surface area (Å²) in [4.78, 5) is 22.7. The van der Waals surface area contributed by atoms with E-state index >= 15 is 0 Å². The van der Waals surface area contributed by atoms with Gasteiger partial charge in [0.15, 0.2) is 0 Å². The molecule has 0 aliphatic rings. The van der Waals surface area contributed by atoms with E-state index < -0.39 is 0 Å². The van der Waals surface area contributed by atoms with Crippen LogP contribution in [0.15, 0.2) is 146 Å². The minimum atomic E-state index is 0. The van der Waals surface area contributed by atoms with Crippen LogP contribution in [0.5, 0.6) is 23.0 Å². The summed E-state index contributed by atoms with van der Waals surface area (Å²) in [5.41, 5.74) is 14.1. The van der Waals surface area contributed by atoms with Crippen LogP contribution in [0.3, 0.4) is 0 Å². The van der Waals surface area contributed by atoms with Gasteiger partial charge in [0, 0.05) is 35.4 Å². The summed E-state index contributed by atoms with van der Waals surface area (Å²) in [7, 11) is 0. The Morgan fingerprint density at radius 2 is 0.841 bits per heavy atom. The monoisotopic (exact) mass is 1180 g/mol. The number of aromatic nitrogens is 6. The molecule has 310 valence electrons. The van der Waals surface area contributed by atoms with Crippen molar-refractivity contribution in [3.05, 3.63) is 193 Å². The Balaban J connectivity index is 0.00000272. The zero-order valence-electron chi connectivity index (χ0n) is 34.5. The first-order valence-corrected chi connectivity index (χ1v) is 19.9. The van der Waals surface area contributed by atoms with E-state index in [1.54, 1.807) is 0 Å². The maximum atomic E-state index is 6.40. The molecule has 0 saturated carbocycles. The first kappa shape index (κ1) is 43.1. The minimum absolute atomic E-state index is 0. The first-order valence-electron chi connectivity index (χ1n) is 19.9. The van der Waals surface area contributed by atoms with Gasteiger partial charge >= 0.3 is 42.1 Å². The molecule has 4 aromatic heterocycles. The van der Waals surface area contributed by atoms with Gasteiger partial charge in [-0.1, -0.05) is 83.8 Å². The third kappa shape index (κ3) is 8.62. The average molecular weight is 1180 g/mol. The number of aryl methyl sites for hydroxylation is 4. The molecule has 0 radical (unpaired) electrons. The van der Waals surface area contributed by atoms with Crippen LogP contribution in [0.25, 0.3) is 72.5 Å². The van der Waals surface area contributed by atoms with E-state index in [2.05, 4.69) is 115 Å². The zero-order valence-corrected chi connectivity index (χ0v) is 39.0. The summed E-state index contributed by atoms with van der Waals surface area (Å²) in [5.74, 6) is 2.46. The van der Waals surface area contributed by atoms with E-state index in [0.29, 0.717) is 40.0 Å². The number of ether oxygens (including phenoxy) is 2. The van der Waals surface area contributed by atoms with Crippen molar-refractivity contribution in [2.45, 2.75) is 27.7 Å². The molecule has 0 N–H and O–H groups in total. The van der Waals surface area contributed by atoms with E-state index in [0.717, 1.165) is 44.4 Å². The number of nitrogens with zero attached hydrogens (tertiary/aromatic N) is 6. The van der Waals surface area contributed by atoms with E-state index in [1.807, 2.05) is 89.8 Å². The van der Waals surface area contributed by atoms with Crippen LogP contribution in [-0.2, 0) is 42.1 Å². The molecule has 6 aromatic carbocycles. The molecule has 63 heavy (non-hydrogen) atoms. The minimum Gasteiger partial charge on any atom is -0.503 e. The van der Waals surface area contributed by atoms with Gasteiger partial charge in [-0.2, -0.15) is 22.9 Å². The molecule has 10 rings (SSSR count). The van der Waals surface area contributed by atoms with Crippen LogP contribution in [0.4, 0.5) is 0 Å². The van der Waals surface area contributed by atoms with Crippen LogP contribution >= 0.6 is 0 Å². The molecular formula is C53H36N6O2Pt2. The van der Waals surface area contributed by atoms with E-state index in [4.69, 9.17) is 19.4 Å². The third-order valence-electron chi connectivity index (χ3n) is 10.8. The van der Waals surface area contributed by atoms with Gasteiger partial charge in [0.05, 0.1) is 0 Å². The Labute approximate surface area is 394 Å². The predicted molar refractivity (Wildman–Crippen MR) is 239 cm³/mol. The van der Waals surface area contributed by atoms with Crippen LogP contribution in [0.2, 0.25) is 0 Å². The van der Waals surface area contributed by atoms with Gasteiger partial charge in [0.25, 0.3) is 0 Å². The van der Waals surface area contributed by atoms with Crippen LogP contribution in [0.1, 0.15) is 22.3 Å². The summed E-state index contributed by atoms with van der Waals surface area (Å²) in [6, 6.07) is 54.0. The molecule has 4 heterocycles. The second-order valence-corrected chi connectivity index (χ2v) is 14.9. The summed E-state index contributed by atoms with van der Waals surface area (Å²) in [5, 5.41) is 1.83. The molecule has 0 aliphatic heterocycles. The Kier molecular flexibility index (Phi) is 12.6. The molecule has 0 fully saturated rings. The molecule has 10 aromatic rings. The third-order valence-corrected chi connectivity index (χ3v) is 10.8. The van der Waals surface area contributed by atoms with Crippen LogP contribution < -0.4 is 9.47 Å². The Morgan fingerprint density at radius 3 is 1.25 bits per heavy atom. The van der Waals surface area contributed by atoms with Gasteiger partial charge in [-0.3, -0.25) is 0 Å². The molecule has 0 spiro atoms. The van der Waals surface area contributed by atoms with E-state index in [9.17, 15) is 0 Å². The fourth-order valence-electron chi connectivity index (χ4n) is 7.99. The number of benzene rings is 6. The standard InChI is InChI=1S/C53H36N6O2.2Pt/c1-33-9-5-10-34(2)51(33)39-17-23-47(55-29-39)37-13-7-15-41(25-37)60-43-19-21-45-46-22-20-44(28-50(46)59(49(45)27-43)53-57-31-54-32-58-53)61-42-16-8-14-38(26-42)48-24-18-40(30-56-48)52-35(3)11-6-12-36(52)4;;/h5-24,29-32H,1-4H3;;/q-4;2*+2. The number of hydrogen-bond donors (Lipinski definition) is 0. The van der Waals surface area contributed by atoms with Crippen LogP contribution in [0, 0.1) is 52.0 Å². The summed E-state index contributed by atoms with van der Waals surface area (Å²) < 4.78 is 14.7. The van der Waals surface area contributed by atoms with Gasteiger partial charge in [0.2, 0.25) is 5.95 Å². The second-order valence-electron chi connectivity index (χ2n) is 14.9.